The highest BCUT2D eigenvalue weighted by Crippen LogP contribution is 2.32. The van der Waals surface area contributed by atoms with E-state index in [9.17, 15) is 19.5 Å². The molecule has 1 aromatic carbocycles. The third kappa shape index (κ3) is 15.2. The topological polar surface area (TPSA) is 158 Å². The molecule has 0 aliphatic heterocycles. The average Bonchev–Trinajstić information content (AvgIpc) is 2.94. The molecule has 0 aliphatic rings. The number of carbonyl (C=O) groups excluding carboxylic acids is 3. The van der Waals surface area contributed by atoms with Gasteiger partial charge in [0.05, 0.1) is 31.8 Å². The lowest BCUT2D eigenvalue weighted by Crippen LogP contribution is -2.49. The van der Waals surface area contributed by atoms with Gasteiger partial charge < -0.3 is 40.4 Å². The van der Waals surface area contributed by atoms with Gasteiger partial charge in [0.1, 0.15) is 5.60 Å². The van der Waals surface area contributed by atoms with Gasteiger partial charge in [-0.2, -0.15) is 0 Å². The molecule has 5 N–H and O–H groups in total. The third-order valence-corrected chi connectivity index (χ3v) is 7.85. The van der Waals surface area contributed by atoms with Crippen LogP contribution < -0.4 is 25.8 Å². The van der Waals surface area contributed by atoms with E-state index >= 15 is 0 Å². The lowest BCUT2D eigenvalue weighted by molar-refractivity contribution is -0.128. The van der Waals surface area contributed by atoms with Crippen LogP contribution in [0.3, 0.4) is 0 Å². The molecule has 11 nitrogen and oxygen atoms in total. The van der Waals surface area contributed by atoms with Crippen molar-refractivity contribution in [2.24, 2.45) is 35.3 Å². The number of nitrogens with one attached hydrogen (secondary N) is 2. The van der Waals surface area contributed by atoms with Crippen molar-refractivity contribution in [1.82, 2.24) is 10.6 Å². The van der Waals surface area contributed by atoms with Crippen molar-refractivity contribution in [2.45, 2.75) is 98.8 Å². The SMILES string of the molecule is COCCCOc1cc(C[C@@H](C[C@H](NC(=O)OC(C)(C)C)[C@@H](O)C[C@H](C(=O)NC[C@@H](C)C(N)=O)C(C)C)C(C)C)ccc1OC. The molecule has 5 atom stereocenters. The van der Waals surface area contributed by atoms with Crippen LogP contribution >= 0.6 is 0 Å². The van der Waals surface area contributed by atoms with E-state index in [1.54, 1.807) is 41.9 Å². The predicted octanol–water partition coefficient (Wildman–Crippen LogP) is 4.47. The minimum Gasteiger partial charge on any atom is -0.493 e. The molecule has 258 valence electrons. The molecule has 0 fully saturated rings. The van der Waals surface area contributed by atoms with E-state index in [1.807, 2.05) is 32.0 Å². The van der Waals surface area contributed by atoms with Crippen LogP contribution in [-0.2, 0) is 25.5 Å². The summed E-state index contributed by atoms with van der Waals surface area (Å²) in [5.41, 5.74) is 5.66. The molecule has 3 amide bonds. The van der Waals surface area contributed by atoms with Gasteiger partial charge in [0.15, 0.2) is 11.5 Å². The molecule has 0 spiro atoms. The second-order valence-electron chi connectivity index (χ2n) is 13.6. The van der Waals surface area contributed by atoms with Crippen molar-refractivity contribution in [3.05, 3.63) is 23.8 Å². The summed E-state index contributed by atoms with van der Waals surface area (Å²) in [6.07, 6.45) is 0.288. The Morgan fingerprint density at radius 2 is 1.62 bits per heavy atom. The summed E-state index contributed by atoms with van der Waals surface area (Å²) in [5.74, 6) is -0.412. The van der Waals surface area contributed by atoms with E-state index in [1.165, 1.54) is 0 Å². The van der Waals surface area contributed by atoms with E-state index < -0.39 is 41.6 Å². The molecule has 1 aromatic rings. The van der Waals surface area contributed by atoms with Crippen LogP contribution in [0.15, 0.2) is 18.2 Å². The van der Waals surface area contributed by atoms with E-state index in [4.69, 9.17) is 24.7 Å². The van der Waals surface area contributed by atoms with Gasteiger partial charge in [-0.3, -0.25) is 9.59 Å². The van der Waals surface area contributed by atoms with Crippen molar-refractivity contribution >= 4 is 17.9 Å². The molecule has 0 unspecified atom stereocenters. The van der Waals surface area contributed by atoms with Crippen LogP contribution in [0.1, 0.15) is 80.2 Å². The lowest BCUT2D eigenvalue weighted by atomic mass is 9.80. The van der Waals surface area contributed by atoms with Gasteiger partial charge in [-0.05, 0) is 75.5 Å². The number of hydrogen-bond donors (Lipinski definition) is 4. The van der Waals surface area contributed by atoms with Crippen LogP contribution in [0.25, 0.3) is 0 Å². The molecule has 0 saturated carbocycles. The zero-order valence-corrected chi connectivity index (χ0v) is 29.1. The van der Waals surface area contributed by atoms with Crippen molar-refractivity contribution < 1.29 is 38.4 Å². The minimum absolute atomic E-state index is 0.0528. The maximum absolute atomic E-state index is 13.1. The fraction of sp³-hybridized carbons (Fsp3) is 0.735. The van der Waals surface area contributed by atoms with Gasteiger partial charge in [0.25, 0.3) is 0 Å². The number of alkyl carbamates (subject to hydrolysis) is 1. The predicted molar refractivity (Wildman–Crippen MR) is 175 cm³/mol. The number of amides is 3. The number of benzene rings is 1. The first kappa shape index (κ1) is 40.0. The summed E-state index contributed by atoms with van der Waals surface area (Å²) >= 11 is 0. The summed E-state index contributed by atoms with van der Waals surface area (Å²) in [5, 5.41) is 17.3. The first-order valence-corrected chi connectivity index (χ1v) is 16.0. The molecule has 0 aliphatic carbocycles. The standard InChI is InChI=1S/C34H59N3O8/c1-21(2)25(16-24-12-13-29(43-10)30(17-24)44-15-11-14-42-9)18-27(37-33(41)45-34(6,7)8)28(38)19-26(22(3)4)32(40)36-20-23(5)31(35)39/h12-13,17,21-23,25-28,38H,11,14-16,18-20H2,1-10H3,(H2,35,39)(H,36,40)(H,37,41)/t23-,25+,26+,27+,28+/m1/s1. The Balaban J connectivity index is 3.24. The van der Waals surface area contributed by atoms with Crippen LogP contribution in [0.4, 0.5) is 4.79 Å². The normalized spacial score (nSPS) is 15.1. The Kier molecular flexibility index (Phi) is 17.3. The van der Waals surface area contributed by atoms with Crippen molar-refractivity contribution in [1.29, 1.82) is 0 Å². The quantitative estimate of drug-likeness (QED) is 0.153. The number of ether oxygens (including phenoxy) is 4. The summed E-state index contributed by atoms with van der Waals surface area (Å²) < 4.78 is 22.1. The van der Waals surface area contributed by atoms with Crippen molar-refractivity contribution in [2.75, 3.05) is 34.0 Å². The Hall–Kier alpha value is -3.05. The fourth-order valence-electron chi connectivity index (χ4n) is 4.93. The van der Waals surface area contributed by atoms with E-state index in [0.717, 1.165) is 12.0 Å². The fourth-order valence-corrected chi connectivity index (χ4v) is 4.93. The zero-order valence-electron chi connectivity index (χ0n) is 29.1. The molecule has 0 bridgehead atoms. The summed E-state index contributed by atoms with van der Waals surface area (Å²) in [4.78, 5) is 37.5. The van der Waals surface area contributed by atoms with Crippen LogP contribution in [0, 0.1) is 29.6 Å². The van der Waals surface area contributed by atoms with Gasteiger partial charge in [0.2, 0.25) is 11.8 Å². The third-order valence-electron chi connectivity index (χ3n) is 7.85. The first-order chi connectivity index (χ1) is 21.0. The van der Waals surface area contributed by atoms with Crippen LogP contribution in [0.5, 0.6) is 11.5 Å². The summed E-state index contributed by atoms with van der Waals surface area (Å²) in [6, 6.07) is 5.16. The minimum atomic E-state index is -1.04. The van der Waals surface area contributed by atoms with E-state index in [0.29, 0.717) is 37.6 Å². The molecule has 11 heteroatoms. The summed E-state index contributed by atoms with van der Waals surface area (Å²) in [6.45, 7) is 16.2. The van der Waals surface area contributed by atoms with Crippen LogP contribution in [-0.4, -0.2) is 74.7 Å². The largest absolute Gasteiger partial charge is 0.493 e. The number of aliphatic hydroxyl groups excluding tert-OH is 1. The Bertz CT molecular complexity index is 1060. The van der Waals surface area contributed by atoms with Gasteiger partial charge in [-0.25, -0.2) is 4.79 Å². The maximum atomic E-state index is 13.1. The van der Waals surface area contributed by atoms with Gasteiger partial charge in [0, 0.05) is 32.6 Å². The van der Waals surface area contributed by atoms with Crippen molar-refractivity contribution in [3.63, 3.8) is 0 Å². The molecule has 1 rings (SSSR count). The van der Waals surface area contributed by atoms with Crippen molar-refractivity contribution in [3.8, 4) is 11.5 Å². The van der Waals surface area contributed by atoms with Gasteiger partial charge >= 0.3 is 6.09 Å². The van der Waals surface area contributed by atoms with Gasteiger partial charge in [-0.1, -0.05) is 40.7 Å². The molecule has 0 radical (unpaired) electrons. The second kappa shape index (κ2) is 19.5. The molecule has 45 heavy (non-hydrogen) atoms. The highest BCUT2D eigenvalue weighted by Gasteiger charge is 2.33. The number of hydrogen-bond acceptors (Lipinski definition) is 8. The molecule has 0 heterocycles. The number of rotatable bonds is 20. The number of methoxy groups -OCH3 is 2. The number of aliphatic hydroxyl groups is 1. The monoisotopic (exact) mass is 637 g/mol. The molecule has 0 saturated heterocycles. The lowest BCUT2D eigenvalue weighted by Gasteiger charge is -2.33. The molecular weight excluding hydrogens is 578 g/mol. The van der Waals surface area contributed by atoms with E-state index in [-0.39, 0.29) is 36.6 Å². The zero-order chi connectivity index (χ0) is 34.3. The summed E-state index contributed by atoms with van der Waals surface area (Å²) in [7, 11) is 3.26. The Labute approximate surface area is 270 Å². The molecular formula is C34H59N3O8. The number of nitrogens with two attached hydrogens (primary N) is 1. The molecule has 0 aromatic heterocycles. The van der Waals surface area contributed by atoms with Gasteiger partial charge in [-0.15, -0.1) is 0 Å². The Morgan fingerprint density at radius 3 is 2.16 bits per heavy atom. The highest BCUT2D eigenvalue weighted by atomic mass is 16.6. The second-order valence-corrected chi connectivity index (χ2v) is 13.6. The highest BCUT2D eigenvalue weighted by molar-refractivity contribution is 5.81. The first-order valence-electron chi connectivity index (χ1n) is 16.0. The average molecular weight is 638 g/mol. The Morgan fingerprint density at radius 1 is 0.956 bits per heavy atom. The van der Waals surface area contributed by atoms with Crippen LogP contribution in [0.2, 0.25) is 0 Å². The number of primary amides is 1. The smallest absolute Gasteiger partial charge is 0.407 e. The van der Waals surface area contributed by atoms with E-state index in [2.05, 4.69) is 24.5 Å². The maximum Gasteiger partial charge on any atom is 0.407 e. The number of carbonyl (C=O) groups is 3.